The average molecular weight is 329 g/mol. The van der Waals surface area contributed by atoms with Gasteiger partial charge in [-0.2, -0.15) is 0 Å². The molecule has 2 N–H and O–H groups in total. The van der Waals surface area contributed by atoms with Gasteiger partial charge in [0.2, 0.25) is 10.0 Å². The average Bonchev–Trinajstić information content (AvgIpc) is 3.20. The fourth-order valence-corrected chi connectivity index (χ4v) is 3.36. The smallest absolute Gasteiger partial charge is 0.214 e. The van der Waals surface area contributed by atoms with Crippen molar-refractivity contribution in [1.29, 1.82) is 0 Å². The Balaban J connectivity index is 1.75. The maximum Gasteiger partial charge on any atom is 0.214 e. The Morgan fingerprint density at radius 2 is 2.19 bits per heavy atom. The third-order valence-corrected chi connectivity index (χ3v) is 5.27. The number of sulfonamides is 1. The normalized spacial score (nSPS) is 15.3. The number of halogens is 1. The van der Waals surface area contributed by atoms with E-state index in [-0.39, 0.29) is 17.5 Å². The van der Waals surface area contributed by atoms with E-state index in [0.29, 0.717) is 29.2 Å². The van der Waals surface area contributed by atoms with Crippen molar-refractivity contribution in [2.24, 2.45) is 0 Å². The van der Waals surface area contributed by atoms with Crippen molar-refractivity contribution in [3.8, 4) is 11.4 Å². The van der Waals surface area contributed by atoms with Gasteiger partial charge in [-0.25, -0.2) is 17.8 Å². The van der Waals surface area contributed by atoms with Crippen molar-refractivity contribution in [1.82, 2.24) is 19.7 Å². The summed E-state index contributed by atoms with van der Waals surface area (Å²) in [7, 11) is -3.25. The van der Waals surface area contributed by atoms with Crippen LogP contribution in [-0.4, -0.2) is 33.8 Å². The Hall–Kier alpha value is -1.64. The van der Waals surface area contributed by atoms with Gasteiger partial charge < -0.3 is 5.11 Å². The van der Waals surface area contributed by atoms with Crippen LogP contribution >= 0.6 is 11.6 Å². The molecule has 1 aromatic carbocycles. The third kappa shape index (κ3) is 3.17. The Morgan fingerprint density at radius 3 is 2.90 bits per heavy atom. The molecule has 9 heteroatoms. The fourth-order valence-electron chi connectivity index (χ4n) is 1.85. The lowest BCUT2D eigenvalue weighted by atomic mass is 10.3. The molecule has 0 spiro atoms. The lowest BCUT2D eigenvalue weighted by Gasteiger charge is -2.04. The topological polar surface area (TPSA) is 97.1 Å². The van der Waals surface area contributed by atoms with Crippen LogP contribution in [0.15, 0.2) is 24.4 Å². The number of aromatic nitrogens is 3. The van der Waals surface area contributed by atoms with Crippen molar-refractivity contribution >= 4 is 21.6 Å². The number of nitrogens with zero attached hydrogens (tertiary/aromatic N) is 3. The molecule has 112 valence electrons. The van der Waals surface area contributed by atoms with E-state index in [0.717, 1.165) is 0 Å². The lowest BCUT2D eigenvalue weighted by Crippen LogP contribution is -2.26. The molecule has 3 rings (SSSR count). The van der Waals surface area contributed by atoms with Crippen LogP contribution in [0.3, 0.4) is 0 Å². The largest absolute Gasteiger partial charge is 0.506 e. The molecule has 1 aliphatic rings. The second-order valence-electron chi connectivity index (χ2n) is 4.85. The predicted molar refractivity (Wildman–Crippen MR) is 76.8 cm³/mol. The Labute approximate surface area is 126 Å². The summed E-state index contributed by atoms with van der Waals surface area (Å²) in [6, 6.07) is 4.56. The van der Waals surface area contributed by atoms with Crippen molar-refractivity contribution < 1.29 is 13.5 Å². The minimum absolute atomic E-state index is 0.00871. The van der Waals surface area contributed by atoms with Crippen LogP contribution < -0.4 is 4.72 Å². The lowest BCUT2D eigenvalue weighted by molar-refractivity contribution is 0.470. The summed E-state index contributed by atoms with van der Waals surface area (Å²) in [5.41, 5.74) is 0.838. The first-order valence-electron chi connectivity index (χ1n) is 6.34. The van der Waals surface area contributed by atoms with Crippen LogP contribution in [0.1, 0.15) is 18.5 Å². The van der Waals surface area contributed by atoms with Gasteiger partial charge in [-0.05, 0) is 31.0 Å². The number of hydrogen-bond acceptors (Lipinski definition) is 5. The van der Waals surface area contributed by atoms with E-state index in [2.05, 4.69) is 15.0 Å². The molecule has 0 saturated heterocycles. The van der Waals surface area contributed by atoms with Gasteiger partial charge in [0.15, 0.2) is 0 Å². The van der Waals surface area contributed by atoms with E-state index in [4.69, 9.17) is 11.6 Å². The van der Waals surface area contributed by atoms with Crippen LogP contribution in [0.4, 0.5) is 0 Å². The molecule has 0 radical (unpaired) electrons. The molecule has 1 heterocycles. The maximum atomic E-state index is 11.7. The molecule has 1 aliphatic carbocycles. The first-order chi connectivity index (χ1) is 9.95. The van der Waals surface area contributed by atoms with Gasteiger partial charge in [0.1, 0.15) is 11.4 Å². The van der Waals surface area contributed by atoms with Gasteiger partial charge in [-0.3, -0.25) is 0 Å². The summed E-state index contributed by atoms with van der Waals surface area (Å²) in [5, 5.41) is 17.7. The molecule has 0 aliphatic heterocycles. The quantitative estimate of drug-likeness (QED) is 0.859. The first kappa shape index (κ1) is 14.3. The summed E-state index contributed by atoms with van der Waals surface area (Å²) in [6.45, 7) is 0.0696. The Kier molecular flexibility index (Phi) is 3.60. The van der Waals surface area contributed by atoms with Crippen molar-refractivity contribution in [3.05, 3.63) is 35.1 Å². The summed E-state index contributed by atoms with van der Waals surface area (Å²) in [6.07, 6.45) is 2.96. The molecule has 0 unspecified atom stereocenters. The molecule has 7 nitrogen and oxygen atoms in total. The molecule has 1 fully saturated rings. The molecular formula is C12H13ClN4O3S. The molecule has 0 atom stereocenters. The molecule has 0 amide bonds. The maximum absolute atomic E-state index is 11.7. The van der Waals surface area contributed by atoms with Gasteiger partial charge in [0, 0.05) is 5.02 Å². The molecule has 2 aromatic rings. The number of rotatable bonds is 5. The minimum Gasteiger partial charge on any atom is -0.506 e. The molecule has 1 saturated carbocycles. The zero-order valence-electron chi connectivity index (χ0n) is 10.9. The van der Waals surface area contributed by atoms with E-state index in [1.54, 1.807) is 18.3 Å². The Morgan fingerprint density at radius 1 is 1.43 bits per heavy atom. The van der Waals surface area contributed by atoms with Crippen molar-refractivity contribution in [3.63, 3.8) is 0 Å². The van der Waals surface area contributed by atoms with E-state index in [9.17, 15) is 13.5 Å². The molecular weight excluding hydrogens is 316 g/mol. The van der Waals surface area contributed by atoms with E-state index < -0.39 is 10.0 Å². The Bertz CT molecular complexity index is 771. The van der Waals surface area contributed by atoms with E-state index in [1.807, 2.05) is 0 Å². The van der Waals surface area contributed by atoms with Crippen LogP contribution in [0.5, 0.6) is 5.75 Å². The number of nitrogens with one attached hydrogen (secondary N) is 1. The van der Waals surface area contributed by atoms with Gasteiger partial charge in [0.25, 0.3) is 0 Å². The second kappa shape index (κ2) is 5.28. The van der Waals surface area contributed by atoms with Gasteiger partial charge >= 0.3 is 0 Å². The summed E-state index contributed by atoms with van der Waals surface area (Å²) >= 11 is 5.87. The summed E-state index contributed by atoms with van der Waals surface area (Å²) in [4.78, 5) is 0. The fraction of sp³-hybridized carbons (Fsp3) is 0.333. The van der Waals surface area contributed by atoms with E-state index in [1.165, 1.54) is 10.7 Å². The highest BCUT2D eigenvalue weighted by molar-refractivity contribution is 7.90. The van der Waals surface area contributed by atoms with Crippen LogP contribution in [-0.2, 0) is 16.6 Å². The monoisotopic (exact) mass is 328 g/mol. The summed E-state index contributed by atoms with van der Waals surface area (Å²) < 4.78 is 27.3. The van der Waals surface area contributed by atoms with Crippen LogP contribution in [0, 0.1) is 0 Å². The van der Waals surface area contributed by atoms with Gasteiger partial charge in [-0.1, -0.05) is 16.8 Å². The number of phenols is 1. The standard InChI is InChI=1S/C12H13ClN4O3S/c13-8-1-4-12(18)11(5-8)17-7-9(15-16-17)6-14-21(19,20)10-2-3-10/h1,4-5,7,10,14,18H,2-3,6H2. The highest BCUT2D eigenvalue weighted by Crippen LogP contribution is 2.27. The van der Waals surface area contributed by atoms with Gasteiger partial charge in [0.05, 0.1) is 23.7 Å². The van der Waals surface area contributed by atoms with Crippen molar-refractivity contribution in [2.75, 3.05) is 0 Å². The minimum atomic E-state index is -3.25. The van der Waals surface area contributed by atoms with E-state index >= 15 is 0 Å². The third-order valence-electron chi connectivity index (χ3n) is 3.14. The molecule has 1 aromatic heterocycles. The highest BCUT2D eigenvalue weighted by Gasteiger charge is 2.35. The van der Waals surface area contributed by atoms with Crippen LogP contribution in [0.25, 0.3) is 5.69 Å². The number of phenolic OH excluding ortho intramolecular Hbond substituents is 1. The van der Waals surface area contributed by atoms with Crippen molar-refractivity contribution in [2.45, 2.75) is 24.6 Å². The predicted octanol–water partition coefficient (Wildman–Crippen LogP) is 1.21. The number of aromatic hydroxyl groups is 1. The molecule has 0 bridgehead atoms. The highest BCUT2D eigenvalue weighted by atomic mass is 35.5. The van der Waals surface area contributed by atoms with Gasteiger partial charge in [-0.15, -0.1) is 5.10 Å². The molecule has 21 heavy (non-hydrogen) atoms. The zero-order chi connectivity index (χ0) is 15.0. The van der Waals surface area contributed by atoms with Crippen LogP contribution in [0.2, 0.25) is 5.02 Å². The summed E-state index contributed by atoms with van der Waals surface area (Å²) in [5.74, 6) is 0.00871. The number of benzene rings is 1. The number of hydrogen-bond donors (Lipinski definition) is 2. The SMILES string of the molecule is O=S(=O)(NCc1cn(-c2cc(Cl)ccc2O)nn1)C1CC1. The zero-order valence-corrected chi connectivity index (χ0v) is 12.5. The second-order valence-corrected chi connectivity index (χ2v) is 7.33. The first-order valence-corrected chi connectivity index (χ1v) is 8.27.